The van der Waals surface area contributed by atoms with Gasteiger partial charge in [0.05, 0.1) is 20.1 Å². The summed E-state index contributed by atoms with van der Waals surface area (Å²) in [4.78, 5) is 14.0. The molecule has 2 aromatic carbocycles. The molecule has 0 bridgehead atoms. The quantitative estimate of drug-likeness (QED) is 0.663. The molecule has 0 saturated heterocycles. The number of ether oxygens (including phenoxy) is 3. The summed E-state index contributed by atoms with van der Waals surface area (Å²) in [5.41, 5.74) is 1.53. The first-order valence-electron chi connectivity index (χ1n) is 8.50. The number of methoxy groups -OCH3 is 1. The highest BCUT2D eigenvalue weighted by Gasteiger charge is 2.14. The number of benzene rings is 2. The Morgan fingerprint density at radius 3 is 2.33 bits per heavy atom. The predicted molar refractivity (Wildman–Crippen MR) is 97.4 cm³/mol. The molecule has 0 atom stereocenters. The molecule has 0 heterocycles. The Morgan fingerprint density at radius 2 is 1.74 bits per heavy atom. The maximum atomic E-state index is 12.5. The summed E-state index contributed by atoms with van der Waals surface area (Å²) in [6.07, 6.45) is 0.236. The first-order valence-corrected chi connectivity index (χ1v) is 8.50. The fourth-order valence-corrected chi connectivity index (χ4v) is 2.55. The third kappa shape index (κ3) is 6.13. The molecule has 0 aliphatic heterocycles. The lowest BCUT2D eigenvalue weighted by Gasteiger charge is -2.19. The van der Waals surface area contributed by atoms with Crippen LogP contribution in [0.15, 0.2) is 42.5 Å². The van der Waals surface area contributed by atoms with Crippen molar-refractivity contribution in [2.75, 3.05) is 20.8 Å². The number of rotatable bonds is 9. The van der Waals surface area contributed by atoms with Gasteiger partial charge in [-0.25, -0.2) is 0 Å². The summed E-state index contributed by atoms with van der Waals surface area (Å²) in [5.74, 6) is 0.818. The first-order chi connectivity index (χ1) is 12.9. The Kier molecular flexibility index (Phi) is 7.40. The van der Waals surface area contributed by atoms with Crippen LogP contribution < -0.4 is 14.2 Å². The monoisotopic (exact) mass is 379 g/mol. The molecule has 0 aliphatic rings. The number of carbonyl (C=O) groups excluding carboxylic acids is 1. The van der Waals surface area contributed by atoms with Crippen LogP contribution in [-0.4, -0.2) is 38.2 Å². The number of halogens is 2. The smallest absolute Gasteiger partial charge is 0.387 e. The molecule has 0 aliphatic carbocycles. The van der Waals surface area contributed by atoms with Gasteiger partial charge in [-0.1, -0.05) is 18.2 Å². The van der Waals surface area contributed by atoms with Crippen LogP contribution in [0.3, 0.4) is 0 Å². The minimum absolute atomic E-state index is 0.0580. The van der Waals surface area contributed by atoms with Gasteiger partial charge in [0.15, 0.2) is 11.5 Å². The van der Waals surface area contributed by atoms with Gasteiger partial charge in [0.1, 0.15) is 5.75 Å². The van der Waals surface area contributed by atoms with Gasteiger partial charge in [-0.15, -0.1) is 0 Å². The number of amides is 1. The fraction of sp³-hybridized carbons (Fsp3) is 0.350. The summed E-state index contributed by atoms with van der Waals surface area (Å²) >= 11 is 0. The molecule has 1 amide bonds. The minimum Gasteiger partial charge on any atom is -0.494 e. The van der Waals surface area contributed by atoms with Crippen molar-refractivity contribution in [3.05, 3.63) is 53.6 Å². The van der Waals surface area contributed by atoms with Crippen molar-refractivity contribution in [2.24, 2.45) is 0 Å². The summed E-state index contributed by atoms with van der Waals surface area (Å²) in [6, 6.07) is 12.0. The Bertz CT molecular complexity index is 750. The van der Waals surface area contributed by atoms with Crippen molar-refractivity contribution in [1.82, 2.24) is 4.90 Å². The van der Waals surface area contributed by atoms with E-state index in [1.165, 1.54) is 24.1 Å². The standard InChI is InChI=1S/C20H23F2NO4/c1-4-26-16-8-5-14(6-9-16)12-19(24)23(2)13-15-7-10-17(25-3)18(11-15)27-20(21)22/h5-11,20H,4,12-13H2,1-3H3. The van der Waals surface area contributed by atoms with Gasteiger partial charge in [-0.05, 0) is 42.3 Å². The van der Waals surface area contributed by atoms with E-state index in [-0.39, 0.29) is 30.4 Å². The maximum Gasteiger partial charge on any atom is 0.387 e. The zero-order chi connectivity index (χ0) is 19.8. The SMILES string of the molecule is CCOc1ccc(CC(=O)N(C)Cc2ccc(OC)c(OC(F)F)c2)cc1. The van der Waals surface area contributed by atoms with Crippen LogP contribution in [0.2, 0.25) is 0 Å². The highest BCUT2D eigenvalue weighted by molar-refractivity contribution is 5.78. The van der Waals surface area contributed by atoms with E-state index < -0.39 is 6.61 Å². The van der Waals surface area contributed by atoms with Gasteiger partial charge in [0, 0.05) is 13.6 Å². The average molecular weight is 379 g/mol. The van der Waals surface area contributed by atoms with E-state index in [1.54, 1.807) is 13.1 Å². The van der Waals surface area contributed by atoms with Gasteiger partial charge >= 0.3 is 6.61 Å². The van der Waals surface area contributed by atoms with Crippen molar-refractivity contribution >= 4 is 5.91 Å². The zero-order valence-electron chi connectivity index (χ0n) is 15.6. The van der Waals surface area contributed by atoms with Crippen LogP contribution in [0.4, 0.5) is 8.78 Å². The van der Waals surface area contributed by atoms with Gasteiger partial charge in [0.25, 0.3) is 0 Å². The van der Waals surface area contributed by atoms with Crippen LogP contribution >= 0.6 is 0 Å². The normalized spacial score (nSPS) is 10.6. The van der Waals surface area contributed by atoms with E-state index >= 15 is 0 Å². The van der Waals surface area contributed by atoms with E-state index in [2.05, 4.69) is 4.74 Å². The summed E-state index contributed by atoms with van der Waals surface area (Å²) in [5, 5.41) is 0. The molecule has 2 aromatic rings. The number of hydrogen-bond acceptors (Lipinski definition) is 4. The van der Waals surface area contributed by atoms with Gasteiger partial charge in [0.2, 0.25) is 5.91 Å². The topological polar surface area (TPSA) is 48.0 Å². The number of hydrogen-bond donors (Lipinski definition) is 0. The maximum absolute atomic E-state index is 12.5. The summed E-state index contributed by atoms with van der Waals surface area (Å²) in [6.45, 7) is -0.198. The van der Waals surface area contributed by atoms with Crippen molar-refractivity contribution < 1.29 is 27.8 Å². The molecule has 0 saturated carbocycles. The van der Waals surface area contributed by atoms with Crippen molar-refractivity contribution in [1.29, 1.82) is 0 Å². The van der Waals surface area contributed by atoms with Gasteiger partial charge < -0.3 is 19.1 Å². The van der Waals surface area contributed by atoms with Crippen LogP contribution in [-0.2, 0) is 17.8 Å². The lowest BCUT2D eigenvalue weighted by Crippen LogP contribution is -2.27. The molecule has 0 N–H and O–H groups in total. The average Bonchev–Trinajstić information content (AvgIpc) is 2.63. The molecule has 146 valence electrons. The molecular formula is C20H23F2NO4. The molecule has 0 aromatic heterocycles. The Morgan fingerprint density at radius 1 is 1.07 bits per heavy atom. The number of alkyl halides is 2. The number of carbonyl (C=O) groups is 1. The van der Waals surface area contributed by atoms with E-state index in [1.807, 2.05) is 31.2 Å². The molecule has 0 unspecified atom stereocenters. The Labute approximate surface area is 157 Å². The van der Waals surface area contributed by atoms with Crippen LogP contribution in [0.5, 0.6) is 17.2 Å². The Hall–Kier alpha value is -2.83. The van der Waals surface area contributed by atoms with Crippen molar-refractivity contribution in [3.8, 4) is 17.2 Å². The molecule has 7 heteroatoms. The second-order valence-corrected chi connectivity index (χ2v) is 5.87. The third-order valence-electron chi connectivity index (χ3n) is 3.88. The van der Waals surface area contributed by atoms with Crippen LogP contribution in [0.1, 0.15) is 18.1 Å². The second kappa shape index (κ2) is 9.75. The third-order valence-corrected chi connectivity index (χ3v) is 3.88. The van der Waals surface area contributed by atoms with Crippen molar-refractivity contribution in [3.63, 3.8) is 0 Å². The number of nitrogens with zero attached hydrogens (tertiary/aromatic N) is 1. The fourth-order valence-electron chi connectivity index (χ4n) is 2.55. The Balaban J connectivity index is 2.00. The summed E-state index contributed by atoms with van der Waals surface area (Å²) < 4.78 is 39.9. The molecule has 0 spiro atoms. The van der Waals surface area contributed by atoms with E-state index in [9.17, 15) is 13.6 Å². The molecule has 0 fully saturated rings. The lowest BCUT2D eigenvalue weighted by atomic mass is 10.1. The highest BCUT2D eigenvalue weighted by atomic mass is 19.3. The first kappa shape index (κ1) is 20.5. The molecule has 27 heavy (non-hydrogen) atoms. The van der Waals surface area contributed by atoms with Crippen LogP contribution in [0, 0.1) is 0 Å². The van der Waals surface area contributed by atoms with Crippen molar-refractivity contribution in [2.45, 2.75) is 26.5 Å². The summed E-state index contributed by atoms with van der Waals surface area (Å²) in [7, 11) is 3.04. The zero-order valence-corrected chi connectivity index (χ0v) is 15.6. The predicted octanol–water partition coefficient (Wildman–Crippen LogP) is 3.90. The molecule has 0 radical (unpaired) electrons. The largest absolute Gasteiger partial charge is 0.494 e. The van der Waals surface area contributed by atoms with Crippen LogP contribution in [0.25, 0.3) is 0 Å². The van der Waals surface area contributed by atoms with Gasteiger partial charge in [-0.2, -0.15) is 8.78 Å². The van der Waals surface area contributed by atoms with E-state index in [0.29, 0.717) is 12.2 Å². The van der Waals surface area contributed by atoms with E-state index in [4.69, 9.17) is 9.47 Å². The minimum atomic E-state index is -2.95. The van der Waals surface area contributed by atoms with E-state index in [0.717, 1.165) is 11.3 Å². The second-order valence-electron chi connectivity index (χ2n) is 5.87. The lowest BCUT2D eigenvalue weighted by molar-refractivity contribution is -0.129. The molecule has 2 rings (SSSR count). The molecular weight excluding hydrogens is 356 g/mol. The molecule has 5 nitrogen and oxygen atoms in total. The van der Waals surface area contributed by atoms with Gasteiger partial charge in [-0.3, -0.25) is 4.79 Å². The number of likely N-dealkylation sites (N-methyl/N-ethyl adjacent to an activating group) is 1. The highest BCUT2D eigenvalue weighted by Crippen LogP contribution is 2.30.